The van der Waals surface area contributed by atoms with Gasteiger partial charge in [-0.1, -0.05) is 27.2 Å². The van der Waals surface area contributed by atoms with E-state index in [1.165, 1.54) is 19.4 Å². The first-order valence-electron chi connectivity index (χ1n) is 6.81. The van der Waals surface area contributed by atoms with E-state index in [1.807, 2.05) is 0 Å². The van der Waals surface area contributed by atoms with Crippen LogP contribution in [0.4, 0.5) is 0 Å². The van der Waals surface area contributed by atoms with Gasteiger partial charge >= 0.3 is 0 Å². The first-order chi connectivity index (χ1) is 7.77. The maximum absolute atomic E-state index is 5.39. The van der Waals surface area contributed by atoms with Crippen LogP contribution in [0.2, 0.25) is 0 Å². The highest BCUT2D eigenvalue weighted by Gasteiger charge is 2.19. The number of ether oxygens (including phenoxy) is 1. The van der Waals surface area contributed by atoms with Gasteiger partial charge in [-0.3, -0.25) is 4.90 Å². The van der Waals surface area contributed by atoms with Gasteiger partial charge in [-0.05, 0) is 18.9 Å². The van der Waals surface area contributed by atoms with Gasteiger partial charge in [0, 0.05) is 25.7 Å². The predicted octanol–water partition coefficient (Wildman–Crippen LogP) is 1.73. The van der Waals surface area contributed by atoms with Crippen LogP contribution in [0.3, 0.4) is 0 Å². The summed E-state index contributed by atoms with van der Waals surface area (Å²) >= 11 is 0. The van der Waals surface area contributed by atoms with Crippen LogP contribution >= 0.6 is 0 Å². The van der Waals surface area contributed by atoms with Crippen molar-refractivity contribution < 1.29 is 4.74 Å². The molecule has 1 aliphatic rings. The third kappa shape index (κ3) is 4.81. The van der Waals surface area contributed by atoms with Crippen LogP contribution in [0, 0.1) is 5.92 Å². The van der Waals surface area contributed by atoms with Gasteiger partial charge in [0.1, 0.15) is 0 Å². The number of nitrogens with zero attached hydrogens (tertiary/aromatic N) is 1. The Morgan fingerprint density at radius 2 is 1.94 bits per heavy atom. The number of morpholine rings is 1. The fourth-order valence-electron chi connectivity index (χ4n) is 2.12. The van der Waals surface area contributed by atoms with Crippen LogP contribution < -0.4 is 5.32 Å². The summed E-state index contributed by atoms with van der Waals surface area (Å²) in [6.45, 7) is 13.2. The van der Waals surface area contributed by atoms with Crippen molar-refractivity contribution in [2.24, 2.45) is 5.92 Å². The van der Waals surface area contributed by atoms with Gasteiger partial charge in [0.25, 0.3) is 0 Å². The van der Waals surface area contributed by atoms with Crippen molar-refractivity contribution in [3.05, 3.63) is 0 Å². The zero-order valence-corrected chi connectivity index (χ0v) is 11.2. The first-order valence-corrected chi connectivity index (χ1v) is 6.81. The van der Waals surface area contributed by atoms with Crippen LogP contribution in [0.1, 0.15) is 33.6 Å². The Balaban J connectivity index is 2.34. The molecule has 1 saturated heterocycles. The highest BCUT2D eigenvalue weighted by molar-refractivity contribution is 4.77. The van der Waals surface area contributed by atoms with E-state index < -0.39 is 0 Å². The fraction of sp³-hybridized carbons (Fsp3) is 1.00. The van der Waals surface area contributed by atoms with E-state index in [1.54, 1.807) is 0 Å². The Labute approximate surface area is 101 Å². The Morgan fingerprint density at radius 3 is 2.50 bits per heavy atom. The molecular formula is C13H28N2O. The van der Waals surface area contributed by atoms with Crippen LogP contribution in [-0.2, 0) is 4.74 Å². The van der Waals surface area contributed by atoms with Crippen molar-refractivity contribution >= 4 is 0 Å². The molecule has 0 radical (unpaired) electrons. The molecular weight excluding hydrogens is 200 g/mol. The van der Waals surface area contributed by atoms with Gasteiger partial charge in [0.05, 0.1) is 13.2 Å². The molecule has 0 aliphatic carbocycles. The maximum atomic E-state index is 5.39. The Kier molecular flexibility index (Phi) is 7.01. The molecule has 0 aromatic carbocycles. The zero-order valence-electron chi connectivity index (χ0n) is 11.2. The molecule has 0 aromatic heterocycles. The molecule has 1 rings (SSSR count). The van der Waals surface area contributed by atoms with Crippen molar-refractivity contribution in [1.82, 2.24) is 10.2 Å². The summed E-state index contributed by atoms with van der Waals surface area (Å²) < 4.78 is 5.39. The van der Waals surface area contributed by atoms with Gasteiger partial charge in [-0.15, -0.1) is 0 Å². The zero-order chi connectivity index (χ0) is 11.8. The lowest BCUT2D eigenvalue weighted by Gasteiger charge is -2.33. The monoisotopic (exact) mass is 228 g/mol. The second kappa shape index (κ2) is 8.04. The second-order valence-electron chi connectivity index (χ2n) is 4.86. The minimum absolute atomic E-state index is 0.642. The van der Waals surface area contributed by atoms with Gasteiger partial charge in [0.2, 0.25) is 0 Å². The molecule has 2 unspecified atom stereocenters. The van der Waals surface area contributed by atoms with Crippen molar-refractivity contribution in [3.8, 4) is 0 Å². The van der Waals surface area contributed by atoms with Crippen LogP contribution in [0.25, 0.3) is 0 Å². The highest BCUT2D eigenvalue weighted by Crippen LogP contribution is 2.10. The predicted molar refractivity (Wildman–Crippen MR) is 68.8 cm³/mol. The number of rotatable bonds is 7. The maximum Gasteiger partial charge on any atom is 0.0594 e. The standard InChI is InChI=1S/C13H28N2O/c1-4-6-14-13(12(3)5-2)11-15-7-9-16-10-8-15/h12-14H,4-11H2,1-3H3. The lowest BCUT2D eigenvalue weighted by molar-refractivity contribution is 0.0304. The molecule has 0 spiro atoms. The van der Waals surface area contributed by atoms with Crippen LogP contribution in [-0.4, -0.2) is 50.3 Å². The van der Waals surface area contributed by atoms with Gasteiger partial charge < -0.3 is 10.1 Å². The summed E-state index contributed by atoms with van der Waals surface area (Å²) in [5.41, 5.74) is 0. The average molecular weight is 228 g/mol. The highest BCUT2D eigenvalue weighted by atomic mass is 16.5. The first kappa shape index (κ1) is 13.9. The lowest BCUT2D eigenvalue weighted by Crippen LogP contribution is -2.48. The summed E-state index contributed by atoms with van der Waals surface area (Å²) in [6.07, 6.45) is 2.47. The third-order valence-corrected chi connectivity index (χ3v) is 3.55. The molecule has 1 fully saturated rings. The van der Waals surface area contributed by atoms with Crippen LogP contribution in [0.15, 0.2) is 0 Å². The topological polar surface area (TPSA) is 24.5 Å². The summed E-state index contributed by atoms with van der Waals surface area (Å²) in [7, 11) is 0. The summed E-state index contributed by atoms with van der Waals surface area (Å²) in [5.74, 6) is 0.759. The SMILES string of the molecule is CCCNC(CN1CCOCC1)C(C)CC. The molecule has 0 saturated carbocycles. The van der Waals surface area contributed by atoms with E-state index in [-0.39, 0.29) is 0 Å². The molecule has 0 bridgehead atoms. The molecule has 2 atom stereocenters. The molecule has 16 heavy (non-hydrogen) atoms. The van der Waals surface area contributed by atoms with E-state index in [0.717, 1.165) is 38.8 Å². The summed E-state index contributed by atoms with van der Waals surface area (Å²) in [6, 6.07) is 0.642. The molecule has 0 amide bonds. The number of hydrogen-bond donors (Lipinski definition) is 1. The molecule has 1 aliphatic heterocycles. The quantitative estimate of drug-likeness (QED) is 0.718. The Bertz CT molecular complexity index is 169. The number of hydrogen-bond acceptors (Lipinski definition) is 3. The third-order valence-electron chi connectivity index (χ3n) is 3.55. The molecule has 1 heterocycles. The van der Waals surface area contributed by atoms with Gasteiger partial charge in [0.15, 0.2) is 0 Å². The van der Waals surface area contributed by atoms with E-state index in [4.69, 9.17) is 4.74 Å². The Morgan fingerprint density at radius 1 is 1.25 bits per heavy atom. The van der Waals surface area contributed by atoms with E-state index >= 15 is 0 Å². The van der Waals surface area contributed by atoms with Gasteiger partial charge in [-0.25, -0.2) is 0 Å². The van der Waals surface area contributed by atoms with Crippen LogP contribution in [0.5, 0.6) is 0 Å². The molecule has 96 valence electrons. The van der Waals surface area contributed by atoms with Gasteiger partial charge in [-0.2, -0.15) is 0 Å². The van der Waals surface area contributed by atoms with Crippen molar-refractivity contribution in [1.29, 1.82) is 0 Å². The van der Waals surface area contributed by atoms with E-state index in [0.29, 0.717) is 6.04 Å². The van der Waals surface area contributed by atoms with Crippen molar-refractivity contribution in [3.63, 3.8) is 0 Å². The minimum Gasteiger partial charge on any atom is -0.379 e. The molecule has 1 N–H and O–H groups in total. The average Bonchev–Trinajstić information content (AvgIpc) is 2.34. The molecule has 3 heteroatoms. The van der Waals surface area contributed by atoms with E-state index in [9.17, 15) is 0 Å². The lowest BCUT2D eigenvalue weighted by atomic mass is 9.98. The van der Waals surface area contributed by atoms with Crippen molar-refractivity contribution in [2.45, 2.75) is 39.7 Å². The summed E-state index contributed by atoms with van der Waals surface area (Å²) in [4.78, 5) is 2.53. The fourth-order valence-corrected chi connectivity index (χ4v) is 2.12. The second-order valence-corrected chi connectivity index (χ2v) is 4.86. The summed E-state index contributed by atoms with van der Waals surface area (Å²) in [5, 5.41) is 3.68. The number of nitrogens with one attached hydrogen (secondary N) is 1. The smallest absolute Gasteiger partial charge is 0.0594 e. The van der Waals surface area contributed by atoms with Crippen molar-refractivity contribution in [2.75, 3.05) is 39.4 Å². The normalized spacial score (nSPS) is 21.9. The minimum atomic E-state index is 0.642. The molecule has 0 aromatic rings. The molecule has 3 nitrogen and oxygen atoms in total. The Hall–Kier alpha value is -0.120. The largest absolute Gasteiger partial charge is 0.379 e. The van der Waals surface area contributed by atoms with E-state index in [2.05, 4.69) is 31.0 Å².